The van der Waals surface area contributed by atoms with Crippen LogP contribution in [0.1, 0.15) is 31.3 Å². The number of hydrogen-bond donors (Lipinski definition) is 0. The number of hydrogen-bond acceptors (Lipinski definition) is 2. The van der Waals surface area contributed by atoms with Crippen molar-refractivity contribution in [2.24, 2.45) is 10.8 Å². The summed E-state index contributed by atoms with van der Waals surface area (Å²) in [5.41, 5.74) is 0.264. The van der Waals surface area contributed by atoms with Gasteiger partial charge < -0.3 is 0 Å². The van der Waals surface area contributed by atoms with Gasteiger partial charge in [-0.2, -0.15) is 0 Å². The van der Waals surface area contributed by atoms with Crippen molar-refractivity contribution in [2.75, 3.05) is 0 Å². The van der Waals surface area contributed by atoms with E-state index < -0.39 is 0 Å². The summed E-state index contributed by atoms with van der Waals surface area (Å²) in [6, 6.07) is 9.14. The van der Waals surface area contributed by atoms with Crippen molar-refractivity contribution in [1.29, 1.82) is 0 Å². The molecular weight excluding hydrogens is 302 g/mol. The Bertz CT molecular complexity index is 993. The van der Waals surface area contributed by atoms with Crippen molar-refractivity contribution in [1.82, 2.24) is 13.9 Å². The summed E-state index contributed by atoms with van der Waals surface area (Å²) < 4.78 is 4.75. The van der Waals surface area contributed by atoms with Crippen molar-refractivity contribution in [2.45, 2.75) is 31.3 Å². The van der Waals surface area contributed by atoms with Crippen molar-refractivity contribution < 1.29 is 0 Å². The molecule has 5 nitrogen and oxygen atoms in total. The highest BCUT2D eigenvalue weighted by Gasteiger charge is 2.69. The highest BCUT2D eigenvalue weighted by molar-refractivity contribution is 5.42. The van der Waals surface area contributed by atoms with Crippen LogP contribution in [0.2, 0.25) is 0 Å². The van der Waals surface area contributed by atoms with Crippen LogP contribution in [-0.4, -0.2) is 13.9 Å². The van der Waals surface area contributed by atoms with Gasteiger partial charge in [0.25, 0.3) is 0 Å². The molecule has 5 heteroatoms. The number of para-hydroxylation sites is 1. The molecule has 4 unspecified atom stereocenters. The van der Waals surface area contributed by atoms with Crippen LogP contribution in [-0.2, 0) is 0 Å². The predicted octanol–water partition coefficient (Wildman–Crippen LogP) is 2.19. The molecule has 7 rings (SSSR count). The summed E-state index contributed by atoms with van der Waals surface area (Å²) in [7, 11) is 0. The second-order valence-corrected chi connectivity index (χ2v) is 7.47. The molecule has 0 N–H and O–H groups in total. The van der Waals surface area contributed by atoms with E-state index in [1.807, 2.05) is 30.3 Å². The predicted molar refractivity (Wildman–Crippen MR) is 89.4 cm³/mol. The van der Waals surface area contributed by atoms with Crippen molar-refractivity contribution >= 4 is 0 Å². The zero-order valence-electron chi connectivity index (χ0n) is 13.1. The Morgan fingerprint density at radius 1 is 0.833 bits per heavy atom. The first-order valence-corrected chi connectivity index (χ1v) is 8.60. The highest BCUT2D eigenvalue weighted by atomic mass is 16.2. The topological polar surface area (TPSA) is 48.9 Å². The third kappa shape index (κ3) is 1.07. The van der Waals surface area contributed by atoms with Gasteiger partial charge in [0.1, 0.15) is 0 Å². The monoisotopic (exact) mass is 319 g/mol. The molecule has 24 heavy (non-hydrogen) atoms. The van der Waals surface area contributed by atoms with Crippen molar-refractivity contribution in [3.63, 3.8) is 0 Å². The Balaban J connectivity index is 1.69. The number of nitrogens with zero attached hydrogens (tertiary/aromatic N) is 3. The fraction of sp³-hybridized carbons (Fsp3) is 0.368. The average molecular weight is 319 g/mol. The second-order valence-electron chi connectivity index (χ2n) is 7.47. The van der Waals surface area contributed by atoms with Crippen molar-refractivity contribution in [3.8, 4) is 5.69 Å². The maximum atomic E-state index is 13.1. The summed E-state index contributed by atoms with van der Waals surface area (Å²) in [5.74, 6) is 0. The SMILES string of the molecule is O=c1n(-c2ccccc2)c(=O)n2n1C1C=CC2C23C=CC12CCC3. The van der Waals surface area contributed by atoms with Crippen LogP contribution >= 0.6 is 0 Å². The lowest BCUT2D eigenvalue weighted by Gasteiger charge is -2.62. The molecule has 2 aliphatic heterocycles. The largest absolute Gasteiger partial charge is 0.352 e. The first kappa shape index (κ1) is 12.8. The van der Waals surface area contributed by atoms with E-state index in [0.29, 0.717) is 5.69 Å². The highest BCUT2D eigenvalue weighted by Crippen LogP contribution is 2.74. The van der Waals surface area contributed by atoms with Crippen LogP contribution in [0.4, 0.5) is 0 Å². The van der Waals surface area contributed by atoms with Crippen LogP contribution in [0.3, 0.4) is 0 Å². The van der Waals surface area contributed by atoms with Gasteiger partial charge in [0.2, 0.25) is 0 Å². The number of allylic oxidation sites excluding steroid dienone is 4. The molecular formula is C19H17N3O2. The van der Waals surface area contributed by atoms with E-state index in [0.717, 1.165) is 19.3 Å². The molecule has 1 saturated carbocycles. The molecule has 0 spiro atoms. The maximum Gasteiger partial charge on any atom is 0.352 e. The Kier molecular flexibility index (Phi) is 2.00. The molecule has 3 aliphatic carbocycles. The maximum absolute atomic E-state index is 13.1. The average Bonchev–Trinajstić information content (AvgIpc) is 3.05. The van der Waals surface area contributed by atoms with Crippen LogP contribution < -0.4 is 11.4 Å². The van der Waals surface area contributed by atoms with E-state index in [1.165, 1.54) is 4.57 Å². The van der Waals surface area contributed by atoms with Crippen LogP contribution in [0.15, 0.2) is 64.2 Å². The van der Waals surface area contributed by atoms with Gasteiger partial charge in [0, 0.05) is 10.8 Å². The molecule has 2 aromatic rings. The first-order chi connectivity index (χ1) is 11.7. The molecule has 0 saturated heterocycles. The summed E-state index contributed by atoms with van der Waals surface area (Å²) >= 11 is 0. The second kappa shape index (κ2) is 3.74. The standard InChI is InChI=1S/C19H17N3O2/c23-16-20(13-5-2-1-3-6-13)17(24)22-15-8-7-14(21(16)22)18-9-4-10-19(15,18)12-11-18/h1-3,5-8,11-12,14-15H,4,9-10H2. The van der Waals surface area contributed by atoms with E-state index in [2.05, 4.69) is 24.3 Å². The van der Waals surface area contributed by atoms with Gasteiger partial charge in [-0.05, 0) is 25.0 Å². The zero-order valence-corrected chi connectivity index (χ0v) is 13.1. The fourth-order valence-corrected chi connectivity index (χ4v) is 5.79. The summed E-state index contributed by atoms with van der Waals surface area (Å²) in [5, 5.41) is 0. The molecule has 1 aromatic heterocycles. The molecule has 1 fully saturated rings. The van der Waals surface area contributed by atoms with Gasteiger partial charge in [0.05, 0.1) is 17.8 Å². The van der Waals surface area contributed by atoms with E-state index in [4.69, 9.17) is 0 Å². The lowest BCUT2D eigenvalue weighted by atomic mass is 9.48. The zero-order chi connectivity index (χ0) is 16.1. The minimum atomic E-state index is -0.222. The van der Waals surface area contributed by atoms with Gasteiger partial charge in [0.15, 0.2) is 0 Å². The molecule has 1 aromatic carbocycles. The van der Waals surface area contributed by atoms with E-state index >= 15 is 0 Å². The van der Waals surface area contributed by atoms with E-state index in [9.17, 15) is 9.59 Å². The number of aromatic nitrogens is 3. The van der Waals surface area contributed by atoms with Gasteiger partial charge in [-0.15, -0.1) is 0 Å². The van der Waals surface area contributed by atoms with Gasteiger partial charge in [-0.25, -0.2) is 23.5 Å². The van der Waals surface area contributed by atoms with Crippen LogP contribution in [0.25, 0.3) is 5.69 Å². The Hall–Kier alpha value is -2.56. The third-order valence-electron chi connectivity index (χ3n) is 6.80. The summed E-state index contributed by atoms with van der Waals surface area (Å²) in [6.07, 6.45) is 12.2. The van der Waals surface area contributed by atoms with Crippen molar-refractivity contribution in [3.05, 3.63) is 75.6 Å². The van der Waals surface area contributed by atoms with Gasteiger partial charge >= 0.3 is 11.4 Å². The Morgan fingerprint density at radius 2 is 1.38 bits per heavy atom. The fourth-order valence-electron chi connectivity index (χ4n) is 5.79. The third-order valence-corrected chi connectivity index (χ3v) is 6.80. The first-order valence-electron chi connectivity index (χ1n) is 8.60. The van der Waals surface area contributed by atoms with E-state index in [1.54, 1.807) is 9.36 Å². The molecule has 4 atom stereocenters. The normalized spacial score (nSPS) is 37.0. The minimum Gasteiger partial charge on any atom is -0.245 e. The molecule has 3 heterocycles. The molecule has 120 valence electrons. The summed E-state index contributed by atoms with van der Waals surface area (Å²) in [6.45, 7) is 0. The number of benzene rings is 1. The Labute approximate surface area is 138 Å². The molecule has 2 bridgehead atoms. The van der Waals surface area contributed by atoms with Gasteiger partial charge in [-0.1, -0.05) is 48.9 Å². The lowest BCUT2D eigenvalue weighted by molar-refractivity contribution is -0.0229. The summed E-state index contributed by atoms with van der Waals surface area (Å²) in [4.78, 5) is 26.3. The number of rotatable bonds is 1. The van der Waals surface area contributed by atoms with Crippen LogP contribution in [0.5, 0.6) is 0 Å². The Morgan fingerprint density at radius 3 is 1.88 bits per heavy atom. The minimum absolute atomic E-state index is 0.0333. The molecule has 0 amide bonds. The molecule has 0 radical (unpaired) electrons. The quantitative estimate of drug-likeness (QED) is 0.757. The lowest BCUT2D eigenvalue weighted by Crippen LogP contribution is -2.61. The smallest absolute Gasteiger partial charge is 0.245 e. The van der Waals surface area contributed by atoms with Gasteiger partial charge in [-0.3, -0.25) is 0 Å². The van der Waals surface area contributed by atoms with Crippen LogP contribution in [0, 0.1) is 10.8 Å². The van der Waals surface area contributed by atoms with E-state index in [-0.39, 0.29) is 34.3 Å². The molecule has 5 aliphatic rings.